The summed E-state index contributed by atoms with van der Waals surface area (Å²) in [6.45, 7) is 3.72. The number of benzene rings is 1. The van der Waals surface area contributed by atoms with E-state index in [0.717, 1.165) is 47.9 Å². The Hall–Kier alpha value is -1.02. The first-order valence-corrected chi connectivity index (χ1v) is 13.9. The molecule has 1 aliphatic heterocycles. The van der Waals surface area contributed by atoms with Crippen molar-refractivity contribution in [2.24, 2.45) is 35.5 Å². The minimum Gasteiger partial charge on any atom is -0.490 e. The van der Waals surface area contributed by atoms with E-state index in [1.165, 1.54) is 77.0 Å². The van der Waals surface area contributed by atoms with Crippen LogP contribution in [0.15, 0.2) is 18.2 Å². The van der Waals surface area contributed by atoms with E-state index in [1.807, 2.05) is 0 Å². The summed E-state index contributed by atoms with van der Waals surface area (Å²) in [7, 11) is 0. The molecule has 8 bridgehead atoms. The third kappa shape index (κ3) is 2.87. The molecule has 0 N–H and O–H groups in total. The summed E-state index contributed by atoms with van der Waals surface area (Å²) < 4.78 is 12.0. The monoisotopic (exact) mass is 432 g/mol. The third-order valence-corrected chi connectivity index (χ3v) is 11.4. The molecule has 172 valence electrons. The van der Waals surface area contributed by atoms with Gasteiger partial charge in [-0.05, 0) is 154 Å². The lowest BCUT2D eigenvalue weighted by molar-refractivity contribution is -0.0175. The van der Waals surface area contributed by atoms with Gasteiger partial charge in [0.2, 0.25) is 0 Å². The van der Waals surface area contributed by atoms with Gasteiger partial charge in [-0.15, -0.1) is 0 Å². The number of epoxide rings is 1. The maximum Gasteiger partial charge on any atom is 0.123 e. The number of rotatable bonds is 5. The van der Waals surface area contributed by atoms with Gasteiger partial charge in [-0.2, -0.15) is 0 Å². The molecular formula is C30H40O2. The lowest BCUT2D eigenvalue weighted by Crippen LogP contribution is -2.52. The molecule has 0 spiro atoms. The largest absolute Gasteiger partial charge is 0.490 e. The molecule has 0 aromatic heterocycles. The van der Waals surface area contributed by atoms with Crippen LogP contribution in [0.3, 0.4) is 0 Å². The van der Waals surface area contributed by atoms with E-state index < -0.39 is 0 Å². The van der Waals surface area contributed by atoms with E-state index in [0.29, 0.717) is 17.4 Å². The predicted octanol–water partition coefficient (Wildman–Crippen LogP) is 6.79. The summed E-state index contributed by atoms with van der Waals surface area (Å²) in [6, 6.07) is 7.48. The van der Waals surface area contributed by atoms with Crippen LogP contribution in [0.25, 0.3) is 0 Å². The molecule has 10 rings (SSSR count). The van der Waals surface area contributed by atoms with Crippen molar-refractivity contribution in [2.75, 3.05) is 13.2 Å². The average Bonchev–Trinajstić information content (AvgIpc) is 3.48. The standard InChI is InChI=1S/C30H40O2/c1-28(18-32-28)17-31-25-2-3-26(29-11-19-4-20(12-29)6-21(5-19)13-29)27(10-25)30-14-22-7-23(15-30)9-24(8-22)16-30/h2-3,10,19-24H,4-9,11-18H2,1H3. The Bertz CT molecular complexity index is 870. The number of hydrogen-bond donors (Lipinski definition) is 0. The Morgan fingerprint density at radius 2 is 1.16 bits per heavy atom. The predicted molar refractivity (Wildman–Crippen MR) is 126 cm³/mol. The fraction of sp³-hybridized carbons (Fsp3) is 0.800. The summed E-state index contributed by atoms with van der Waals surface area (Å²) in [5, 5.41) is 0. The highest BCUT2D eigenvalue weighted by atomic mass is 16.6. The second-order valence-corrected chi connectivity index (χ2v) is 14.1. The highest BCUT2D eigenvalue weighted by Crippen LogP contribution is 2.65. The lowest BCUT2D eigenvalue weighted by Gasteiger charge is -2.61. The Balaban J connectivity index is 1.23. The van der Waals surface area contributed by atoms with E-state index in [2.05, 4.69) is 25.1 Å². The number of ether oxygens (including phenoxy) is 2. The molecule has 1 atom stereocenters. The smallest absolute Gasteiger partial charge is 0.123 e. The molecule has 1 saturated heterocycles. The molecule has 1 unspecified atom stereocenters. The molecule has 0 radical (unpaired) electrons. The molecule has 8 aliphatic carbocycles. The van der Waals surface area contributed by atoms with Crippen molar-refractivity contribution in [2.45, 2.75) is 100 Å². The molecule has 1 aromatic rings. The number of hydrogen-bond acceptors (Lipinski definition) is 2. The molecule has 2 nitrogen and oxygen atoms in total. The summed E-state index contributed by atoms with van der Waals surface area (Å²) in [6.07, 6.45) is 18.0. The maximum absolute atomic E-state index is 6.39. The minimum atomic E-state index is -0.0422. The van der Waals surface area contributed by atoms with Crippen molar-refractivity contribution in [3.8, 4) is 5.75 Å². The van der Waals surface area contributed by atoms with E-state index in [9.17, 15) is 0 Å². The second kappa shape index (κ2) is 6.35. The van der Waals surface area contributed by atoms with Gasteiger partial charge in [-0.25, -0.2) is 0 Å². The first-order chi connectivity index (χ1) is 15.5. The van der Waals surface area contributed by atoms with Crippen molar-refractivity contribution in [1.29, 1.82) is 0 Å². The van der Waals surface area contributed by atoms with Crippen molar-refractivity contribution in [1.82, 2.24) is 0 Å². The Kier molecular flexibility index (Phi) is 3.83. The average molecular weight is 433 g/mol. The highest BCUT2D eigenvalue weighted by Gasteiger charge is 2.56. The molecule has 2 heteroatoms. The fourth-order valence-corrected chi connectivity index (χ4v) is 10.8. The van der Waals surface area contributed by atoms with Crippen molar-refractivity contribution >= 4 is 0 Å². The van der Waals surface area contributed by atoms with Crippen LogP contribution in [0.1, 0.15) is 95.1 Å². The van der Waals surface area contributed by atoms with Crippen LogP contribution in [0.4, 0.5) is 0 Å². The SMILES string of the molecule is CC1(COc2ccc(C34CC5CC(CC(C5)C3)C4)c(C34CC5CC(CC(C5)C3)C4)c2)CO1. The first-order valence-electron chi connectivity index (χ1n) is 13.9. The summed E-state index contributed by atoms with van der Waals surface area (Å²) in [4.78, 5) is 0. The van der Waals surface area contributed by atoms with Crippen molar-refractivity contribution in [3.05, 3.63) is 29.3 Å². The van der Waals surface area contributed by atoms with E-state index in [1.54, 1.807) is 11.1 Å². The third-order valence-electron chi connectivity index (χ3n) is 11.4. The molecule has 1 heterocycles. The lowest BCUT2D eigenvalue weighted by atomic mass is 9.44. The van der Waals surface area contributed by atoms with Crippen LogP contribution in [0.2, 0.25) is 0 Å². The van der Waals surface area contributed by atoms with Crippen LogP contribution < -0.4 is 4.74 Å². The Morgan fingerprint density at radius 1 is 0.719 bits per heavy atom. The molecule has 1 aromatic carbocycles. The topological polar surface area (TPSA) is 21.8 Å². The van der Waals surface area contributed by atoms with Gasteiger partial charge in [0.05, 0.1) is 6.61 Å². The van der Waals surface area contributed by atoms with Crippen LogP contribution in [0, 0.1) is 35.5 Å². The first kappa shape index (κ1) is 19.3. The second-order valence-electron chi connectivity index (χ2n) is 14.1. The zero-order valence-electron chi connectivity index (χ0n) is 19.9. The van der Waals surface area contributed by atoms with Crippen molar-refractivity contribution in [3.63, 3.8) is 0 Å². The Morgan fingerprint density at radius 3 is 1.59 bits per heavy atom. The fourth-order valence-electron chi connectivity index (χ4n) is 10.8. The molecule has 32 heavy (non-hydrogen) atoms. The molecule has 8 saturated carbocycles. The van der Waals surface area contributed by atoms with E-state index >= 15 is 0 Å². The zero-order chi connectivity index (χ0) is 21.1. The minimum absolute atomic E-state index is 0.0422. The van der Waals surface area contributed by atoms with Crippen molar-refractivity contribution < 1.29 is 9.47 Å². The molecule has 9 fully saturated rings. The van der Waals surface area contributed by atoms with Gasteiger partial charge >= 0.3 is 0 Å². The molecular weight excluding hydrogens is 392 g/mol. The van der Waals surface area contributed by atoms with Gasteiger partial charge in [0.25, 0.3) is 0 Å². The quantitative estimate of drug-likeness (QED) is 0.478. The van der Waals surface area contributed by atoms with Crippen LogP contribution >= 0.6 is 0 Å². The van der Waals surface area contributed by atoms with Gasteiger partial charge < -0.3 is 9.47 Å². The molecule has 9 aliphatic rings. The van der Waals surface area contributed by atoms with Gasteiger partial charge in [0.15, 0.2) is 0 Å². The van der Waals surface area contributed by atoms with Gasteiger partial charge in [0, 0.05) is 0 Å². The normalized spacial score (nSPS) is 51.9. The Labute approximate surface area is 193 Å². The zero-order valence-corrected chi connectivity index (χ0v) is 19.9. The van der Waals surface area contributed by atoms with Gasteiger partial charge in [-0.3, -0.25) is 0 Å². The van der Waals surface area contributed by atoms with Crippen LogP contribution in [-0.2, 0) is 15.6 Å². The maximum atomic E-state index is 6.39. The van der Waals surface area contributed by atoms with Crippen LogP contribution in [0.5, 0.6) is 5.75 Å². The highest BCUT2D eigenvalue weighted by molar-refractivity contribution is 5.47. The summed E-state index contributed by atoms with van der Waals surface area (Å²) >= 11 is 0. The summed E-state index contributed by atoms with van der Waals surface area (Å²) in [5.74, 6) is 7.12. The molecule has 0 amide bonds. The summed E-state index contributed by atoms with van der Waals surface area (Å²) in [5.41, 5.74) is 4.45. The van der Waals surface area contributed by atoms with Crippen LogP contribution in [-0.4, -0.2) is 18.8 Å². The van der Waals surface area contributed by atoms with E-state index in [-0.39, 0.29) is 5.60 Å². The van der Waals surface area contributed by atoms with Gasteiger partial charge in [-0.1, -0.05) is 6.07 Å². The van der Waals surface area contributed by atoms with E-state index in [4.69, 9.17) is 9.47 Å². The van der Waals surface area contributed by atoms with Gasteiger partial charge in [0.1, 0.15) is 18.0 Å².